The van der Waals surface area contributed by atoms with Crippen LogP contribution in [0.2, 0.25) is 0 Å². The molecule has 28 heavy (non-hydrogen) atoms. The first kappa shape index (κ1) is 18.6. The van der Waals surface area contributed by atoms with E-state index >= 15 is 0 Å². The summed E-state index contributed by atoms with van der Waals surface area (Å²) in [5.74, 6) is 1.57. The van der Waals surface area contributed by atoms with Crippen molar-refractivity contribution < 1.29 is 19.1 Å². The van der Waals surface area contributed by atoms with E-state index < -0.39 is 6.10 Å². The maximum absolute atomic E-state index is 12.8. The minimum atomic E-state index is -0.642. The van der Waals surface area contributed by atoms with E-state index in [4.69, 9.17) is 9.47 Å². The maximum Gasteiger partial charge on any atom is 0.267 e. The average Bonchev–Trinajstić information content (AvgIpc) is 2.77. The molecule has 0 aliphatic carbocycles. The highest BCUT2D eigenvalue weighted by Crippen LogP contribution is 2.31. The molecule has 2 amide bonds. The minimum absolute atomic E-state index is 0.0638. The molecule has 1 fully saturated rings. The number of carbonyl (C=O) groups is 2. The van der Waals surface area contributed by atoms with Gasteiger partial charge in [0.2, 0.25) is 12.0 Å². The fourth-order valence-electron chi connectivity index (χ4n) is 3.18. The predicted molar refractivity (Wildman–Crippen MR) is 104 cm³/mol. The van der Waals surface area contributed by atoms with Crippen LogP contribution in [0, 0.1) is 0 Å². The van der Waals surface area contributed by atoms with Crippen molar-refractivity contribution in [3.8, 4) is 11.5 Å². The van der Waals surface area contributed by atoms with E-state index in [1.165, 1.54) is 11.8 Å². The molecule has 0 saturated carbocycles. The lowest BCUT2D eigenvalue weighted by Crippen LogP contribution is -2.55. The van der Waals surface area contributed by atoms with Crippen LogP contribution < -0.4 is 9.47 Å². The van der Waals surface area contributed by atoms with E-state index in [9.17, 15) is 9.59 Å². The molecule has 4 rings (SSSR count). The summed E-state index contributed by atoms with van der Waals surface area (Å²) >= 11 is 1.43. The number of hydrogen-bond acceptors (Lipinski definition) is 6. The number of rotatable bonds is 4. The largest absolute Gasteiger partial charge is 0.485 e. The molecule has 3 heterocycles. The summed E-state index contributed by atoms with van der Waals surface area (Å²) in [5.41, 5.74) is 0. The van der Waals surface area contributed by atoms with Gasteiger partial charge in [-0.2, -0.15) is 0 Å². The molecule has 2 aliphatic rings. The molecule has 0 radical (unpaired) electrons. The molecular formula is C20H21N3O4S. The van der Waals surface area contributed by atoms with E-state index in [1.807, 2.05) is 36.4 Å². The highest BCUT2D eigenvalue weighted by atomic mass is 32.2. The third-order valence-electron chi connectivity index (χ3n) is 4.71. The number of amides is 2. The third-order valence-corrected chi connectivity index (χ3v) is 5.64. The molecule has 146 valence electrons. The summed E-state index contributed by atoms with van der Waals surface area (Å²) in [4.78, 5) is 32.9. The van der Waals surface area contributed by atoms with Gasteiger partial charge in [0.15, 0.2) is 11.5 Å². The van der Waals surface area contributed by atoms with Crippen molar-refractivity contribution >= 4 is 23.6 Å². The predicted octanol–water partition coefficient (Wildman–Crippen LogP) is 1.68. The summed E-state index contributed by atoms with van der Waals surface area (Å²) in [5, 5.41) is 0.833. The maximum atomic E-state index is 12.8. The van der Waals surface area contributed by atoms with Gasteiger partial charge in [0.1, 0.15) is 6.61 Å². The van der Waals surface area contributed by atoms with Gasteiger partial charge in [-0.3, -0.25) is 9.59 Å². The smallest absolute Gasteiger partial charge is 0.267 e. The second-order valence-electron chi connectivity index (χ2n) is 6.53. The SMILES string of the molecule is O=C(CSc1ccccn1)N1CCN(C(=O)[C@H]2COc3ccccc3O2)CC1. The topological polar surface area (TPSA) is 72.0 Å². The van der Waals surface area contributed by atoms with Gasteiger partial charge in [0, 0.05) is 32.4 Å². The molecule has 1 atom stereocenters. The molecule has 2 aromatic rings. The zero-order chi connectivity index (χ0) is 19.3. The van der Waals surface area contributed by atoms with Crippen LogP contribution in [-0.4, -0.2) is 71.2 Å². The molecule has 0 bridgehead atoms. The van der Waals surface area contributed by atoms with Crippen molar-refractivity contribution in [2.75, 3.05) is 38.5 Å². The number of nitrogens with zero attached hydrogens (tertiary/aromatic N) is 3. The van der Waals surface area contributed by atoms with E-state index in [2.05, 4.69) is 4.98 Å². The Morgan fingerprint density at radius 2 is 1.71 bits per heavy atom. The number of piperazine rings is 1. The van der Waals surface area contributed by atoms with Crippen molar-refractivity contribution in [2.24, 2.45) is 0 Å². The lowest BCUT2D eigenvalue weighted by Gasteiger charge is -2.37. The minimum Gasteiger partial charge on any atom is -0.485 e. The van der Waals surface area contributed by atoms with Crippen LogP contribution in [0.5, 0.6) is 11.5 Å². The van der Waals surface area contributed by atoms with Crippen LogP contribution in [0.3, 0.4) is 0 Å². The number of benzene rings is 1. The van der Waals surface area contributed by atoms with Gasteiger partial charge in [0.25, 0.3) is 5.91 Å². The summed E-state index contributed by atoms with van der Waals surface area (Å²) < 4.78 is 11.4. The van der Waals surface area contributed by atoms with Crippen molar-refractivity contribution in [3.05, 3.63) is 48.7 Å². The van der Waals surface area contributed by atoms with E-state index in [0.717, 1.165) is 5.03 Å². The molecule has 0 N–H and O–H groups in total. The van der Waals surface area contributed by atoms with Crippen molar-refractivity contribution in [1.82, 2.24) is 14.8 Å². The lowest BCUT2D eigenvalue weighted by atomic mass is 10.2. The normalized spacial score (nSPS) is 18.6. The third kappa shape index (κ3) is 4.22. The van der Waals surface area contributed by atoms with E-state index in [1.54, 1.807) is 22.1 Å². The van der Waals surface area contributed by atoms with Crippen LogP contribution in [0.4, 0.5) is 0 Å². The number of aromatic nitrogens is 1. The van der Waals surface area contributed by atoms with Crippen LogP contribution >= 0.6 is 11.8 Å². The summed E-state index contributed by atoms with van der Waals surface area (Å²) in [7, 11) is 0. The van der Waals surface area contributed by atoms with Crippen molar-refractivity contribution in [2.45, 2.75) is 11.1 Å². The average molecular weight is 399 g/mol. The first-order chi connectivity index (χ1) is 13.7. The fraction of sp³-hybridized carbons (Fsp3) is 0.350. The number of fused-ring (bicyclic) bond motifs is 1. The molecule has 1 aromatic heterocycles. The van der Waals surface area contributed by atoms with Crippen LogP contribution in [0.1, 0.15) is 0 Å². The molecule has 1 saturated heterocycles. The van der Waals surface area contributed by atoms with Crippen molar-refractivity contribution in [1.29, 1.82) is 0 Å². The summed E-state index contributed by atoms with van der Waals surface area (Å²) in [6, 6.07) is 13.0. The molecule has 0 unspecified atom stereocenters. The van der Waals surface area contributed by atoms with Crippen LogP contribution in [-0.2, 0) is 9.59 Å². The second-order valence-corrected chi connectivity index (χ2v) is 7.52. The first-order valence-electron chi connectivity index (χ1n) is 9.19. The monoisotopic (exact) mass is 399 g/mol. The zero-order valence-electron chi connectivity index (χ0n) is 15.3. The Bertz CT molecular complexity index is 840. The number of thioether (sulfide) groups is 1. The Kier molecular flexibility index (Phi) is 5.66. The highest BCUT2D eigenvalue weighted by Gasteiger charge is 2.33. The summed E-state index contributed by atoms with van der Waals surface area (Å²) in [6.45, 7) is 2.26. The molecule has 1 aromatic carbocycles. The zero-order valence-corrected chi connectivity index (χ0v) is 16.1. The van der Waals surface area contributed by atoms with Gasteiger partial charge in [0.05, 0.1) is 10.8 Å². The van der Waals surface area contributed by atoms with Gasteiger partial charge in [-0.25, -0.2) is 4.98 Å². The number of pyridine rings is 1. The van der Waals surface area contributed by atoms with Gasteiger partial charge in [-0.1, -0.05) is 30.0 Å². The number of hydrogen-bond donors (Lipinski definition) is 0. The molecule has 2 aliphatic heterocycles. The Labute approximate surface area is 167 Å². The number of para-hydroxylation sites is 2. The van der Waals surface area contributed by atoms with E-state index in [0.29, 0.717) is 43.4 Å². The van der Waals surface area contributed by atoms with Gasteiger partial charge < -0.3 is 19.3 Å². The fourth-order valence-corrected chi connectivity index (χ4v) is 3.94. The Balaban J connectivity index is 1.26. The molecular weight excluding hydrogens is 378 g/mol. The standard InChI is InChI=1S/C20H21N3O4S/c24-19(14-28-18-7-3-4-8-21-18)22-9-11-23(12-10-22)20(25)17-13-26-15-5-1-2-6-16(15)27-17/h1-8,17H,9-14H2/t17-/m1/s1. The van der Waals surface area contributed by atoms with E-state index in [-0.39, 0.29) is 18.4 Å². The van der Waals surface area contributed by atoms with Gasteiger partial charge in [-0.05, 0) is 24.3 Å². The quantitative estimate of drug-likeness (QED) is 0.729. The van der Waals surface area contributed by atoms with Crippen LogP contribution in [0.15, 0.2) is 53.7 Å². The molecule has 8 heteroatoms. The van der Waals surface area contributed by atoms with Crippen LogP contribution in [0.25, 0.3) is 0 Å². The van der Waals surface area contributed by atoms with Gasteiger partial charge in [-0.15, -0.1) is 0 Å². The Morgan fingerprint density at radius 1 is 1.00 bits per heavy atom. The number of carbonyl (C=O) groups excluding carboxylic acids is 2. The lowest BCUT2D eigenvalue weighted by molar-refractivity contribution is -0.145. The second kappa shape index (κ2) is 8.52. The first-order valence-corrected chi connectivity index (χ1v) is 10.2. The Morgan fingerprint density at radius 3 is 2.46 bits per heavy atom. The van der Waals surface area contributed by atoms with Gasteiger partial charge >= 0.3 is 0 Å². The number of ether oxygens (including phenoxy) is 2. The molecule has 0 spiro atoms. The summed E-state index contributed by atoms with van der Waals surface area (Å²) in [6.07, 6.45) is 1.07. The Hall–Kier alpha value is -2.74. The van der Waals surface area contributed by atoms with Crippen molar-refractivity contribution in [3.63, 3.8) is 0 Å². The molecule has 7 nitrogen and oxygen atoms in total. The highest BCUT2D eigenvalue weighted by molar-refractivity contribution is 7.99.